The van der Waals surface area contributed by atoms with Crippen LogP contribution < -0.4 is 16.0 Å². The highest BCUT2D eigenvalue weighted by Gasteiger charge is 2.08. The van der Waals surface area contributed by atoms with Crippen LogP contribution in [0, 0.1) is 0 Å². The number of aliphatic imine (C=N–C) groups is 1. The van der Waals surface area contributed by atoms with E-state index in [1.54, 1.807) is 19.2 Å². The van der Waals surface area contributed by atoms with Crippen LogP contribution in [0.25, 0.3) is 0 Å². The van der Waals surface area contributed by atoms with Gasteiger partial charge in [0.05, 0.1) is 12.8 Å². The number of nitrogens with one attached hydrogen (secondary N) is 3. The van der Waals surface area contributed by atoms with E-state index in [0.717, 1.165) is 30.2 Å². The summed E-state index contributed by atoms with van der Waals surface area (Å²) in [6.07, 6.45) is 2.54. The molecule has 0 spiro atoms. The first-order valence-electron chi connectivity index (χ1n) is 9.14. The summed E-state index contributed by atoms with van der Waals surface area (Å²) in [5.74, 6) is 0.777. The lowest BCUT2D eigenvalue weighted by atomic mass is 10.2. The lowest BCUT2D eigenvalue weighted by molar-refractivity contribution is 0.0996. The standard InChI is InChI=1S/C21H24N4O2S.HI/c1-3-17-10-11-18(28-17)14-24-21(22-2)23-13-15-6-8-16(9-7-15)25-20(26)19-5-4-12-27-19;/h4-12H,3,13-14H2,1-2H3,(H,25,26)(H2,22,23,24);1H. The van der Waals surface area contributed by atoms with Crippen LogP contribution in [0.3, 0.4) is 0 Å². The quantitative estimate of drug-likeness (QED) is 0.239. The van der Waals surface area contributed by atoms with Gasteiger partial charge in [0.15, 0.2) is 11.7 Å². The van der Waals surface area contributed by atoms with Gasteiger partial charge in [0.2, 0.25) is 0 Å². The molecule has 6 nitrogen and oxygen atoms in total. The number of hydrogen-bond acceptors (Lipinski definition) is 4. The maximum Gasteiger partial charge on any atom is 0.291 e. The van der Waals surface area contributed by atoms with E-state index in [1.165, 1.54) is 16.0 Å². The highest BCUT2D eigenvalue weighted by molar-refractivity contribution is 14.0. The summed E-state index contributed by atoms with van der Waals surface area (Å²) in [7, 11) is 1.76. The molecule has 0 aliphatic carbocycles. The Bertz CT molecular complexity index is 921. The van der Waals surface area contributed by atoms with Gasteiger partial charge in [-0.25, -0.2) is 0 Å². The first-order valence-corrected chi connectivity index (χ1v) is 9.95. The van der Waals surface area contributed by atoms with E-state index in [9.17, 15) is 4.79 Å². The van der Waals surface area contributed by atoms with E-state index in [0.29, 0.717) is 6.54 Å². The van der Waals surface area contributed by atoms with Gasteiger partial charge in [-0.3, -0.25) is 9.79 Å². The van der Waals surface area contributed by atoms with E-state index in [2.05, 4.69) is 40.0 Å². The number of amides is 1. The van der Waals surface area contributed by atoms with Gasteiger partial charge in [-0.05, 0) is 48.4 Å². The summed E-state index contributed by atoms with van der Waals surface area (Å²) < 4.78 is 5.09. The molecule has 8 heteroatoms. The zero-order valence-corrected chi connectivity index (χ0v) is 19.5. The van der Waals surface area contributed by atoms with E-state index in [4.69, 9.17) is 4.42 Å². The second-order valence-electron chi connectivity index (χ2n) is 6.13. The van der Waals surface area contributed by atoms with Crippen molar-refractivity contribution in [2.24, 2.45) is 4.99 Å². The van der Waals surface area contributed by atoms with Crippen LogP contribution in [0.4, 0.5) is 5.69 Å². The fourth-order valence-corrected chi connectivity index (χ4v) is 3.49. The lowest BCUT2D eigenvalue weighted by Crippen LogP contribution is -2.36. The van der Waals surface area contributed by atoms with Crippen LogP contribution >= 0.6 is 35.3 Å². The molecule has 154 valence electrons. The van der Waals surface area contributed by atoms with E-state index >= 15 is 0 Å². The lowest BCUT2D eigenvalue weighted by Gasteiger charge is -2.12. The Hall–Kier alpha value is -2.33. The van der Waals surface area contributed by atoms with E-state index in [-0.39, 0.29) is 35.6 Å². The van der Waals surface area contributed by atoms with Crippen molar-refractivity contribution < 1.29 is 9.21 Å². The molecule has 0 fully saturated rings. The Labute approximate surface area is 191 Å². The summed E-state index contributed by atoms with van der Waals surface area (Å²) in [6.45, 7) is 3.55. The summed E-state index contributed by atoms with van der Waals surface area (Å²) in [5, 5.41) is 9.43. The second-order valence-corrected chi connectivity index (χ2v) is 7.38. The maximum absolute atomic E-state index is 12.0. The highest BCUT2D eigenvalue weighted by Crippen LogP contribution is 2.16. The number of guanidine groups is 1. The van der Waals surface area contributed by atoms with Crippen molar-refractivity contribution in [3.05, 3.63) is 75.9 Å². The van der Waals surface area contributed by atoms with Crippen LogP contribution in [0.2, 0.25) is 0 Å². The first kappa shape index (κ1) is 23.0. The molecule has 0 saturated carbocycles. The molecule has 0 saturated heterocycles. The van der Waals surface area contributed by atoms with Crippen LogP contribution in [0.15, 0.2) is 64.2 Å². The minimum atomic E-state index is -0.264. The van der Waals surface area contributed by atoms with Crippen molar-refractivity contribution >= 4 is 52.9 Å². The Kier molecular flexibility index (Phi) is 9.20. The number of furan rings is 1. The fraction of sp³-hybridized carbons (Fsp3) is 0.238. The molecule has 2 aromatic heterocycles. The number of carbonyl (C=O) groups excluding carboxylic acids is 1. The summed E-state index contributed by atoms with van der Waals surface area (Å²) in [4.78, 5) is 18.9. The SMILES string of the molecule is CCc1ccc(CNC(=NC)NCc2ccc(NC(=O)c3ccco3)cc2)s1.I. The number of halogens is 1. The number of nitrogens with zero attached hydrogens (tertiary/aromatic N) is 1. The van der Waals surface area contributed by atoms with Crippen LogP contribution in [0.5, 0.6) is 0 Å². The monoisotopic (exact) mass is 524 g/mol. The largest absolute Gasteiger partial charge is 0.459 e. The van der Waals surface area contributed by atoms with Gasteiger partial charge >= 0.3 is 0 Å². The molecule has 3 N–H and O–H groups in total. The maximum atomic E-state index is 12.0. The molecule has 2 heterocycles. The van der Waals surface area contributed by atoms with Crippen LogP contribution in [-0.2, 0) is 19.5 Å². The highest BCUT2D eigenvalue weighted by atomic mass is 127. The van der Waals surface area contributed by atoms with E-state index in [1.807, 2.05) is 35.6 Å². The molecule has 0 aliphatic heterocycles. The molecule has 3 rings (SSSR count). The number of rotatable bonds is 7. The first-order chi connectivity index (χ1) is 13.7. The average Bonchev–Trinajstić information content (AvgIpc) is 3.41. The van der Waals surface area contributed by atoms with Crippen molar-refractivity contribution in [2.75, 3.05) is 12.4 Å². The number of aryl methyl sites for hydroxylation is 1. The molecule has 1 amide bonds. The third-order valence-electron chi connectivity index (χ3n) is 4.14. The minimum absolute atomic E-state index is 0. The van der Waals surface area contributed by atoms with Gasteiger partial charge < -0.3 is 20.4 Å². The van der Waals surface area contributed by atoms with Gasteiger partial charge in [0, 0.05) is 29.0 Å². The zero-order valence-electron chi connectivity index (χ0n) is 16.4. The number of benzene rings is 1. The number of thiophene rings is 1. The Morgan fingerprint density at radius 2 is 1.76 bits per heavy atom. The van der Waals surface area contributed by atoms with Crippen molar-refractivity contribution in [3.63, 3.8) is 0 Å². The number of carbonyl (C=O) groups is 1. The van der Waals surface area contributed by atoms with Crippen molar-refractivity contribution in [1.82, 2.24) is 10.6 Å². The van der Waals surface area contributed by atoms with E-state index < -0.39 is 0 Å². The Balaban J connectivity index is 0.00000300. The molecule has 0 atom stereocenters. The molecule has 3 aromatic rings. The normalized spacial score (nSPS) is 10.9. The van der Waals surface area contributed by atoms with Crippen LogP contribution in [-0.4, -0.2) is 18.9 Å². The summed E-state index contributed by atoms with van der Waals surface area (Å²) in [5.41, 5.74) is 1.81. The van der Waals surface area contributed by atoms with Gasteiger partial charge in [-0.2, -0.15) is 0 Å². The van der Waals surface area contributed by atoms with Crippen molar-refractivity contribution in [1.29, 1.82) is 0 Å². The second kappa shape index (κ2) is 11.6. The zero-order chi connectivity index (χ0) is 19.8. The third kappa shape index (κ3) is 6.90. The van der Waals surface area contributed by atoms with Gasteiger partial charge in [0.1, 0.15) is 0 Å². The Morgan fingerprint density at radius 3 is 2.38 bits per heavy atom. The van der Waals surface area contributed by atoms with Gasteiger partial charge in [0.25, 0.3) is 5.91 Å². The number of anilines is 1. The molecule has 1 aromatic carbocycles. The Morgan fingerprint density at radius 1 is 1.03 bits per heavy atom. The van der Waals surface area contributed by atoms with Gasteiger partial charge in [-0.1, -0.05) is 19.1 Å². The molecule has 29 heavy (non-hydrogen) atoms. The smallest absolute Gasteiger partial charge is 0.291 e. The summed E-state index contributed by atoms with van der Waals surface area (Å²) >= 11 is 1.82. The van der Waals surface area contributed by atoms with Crippen molar-refractivity contribution in [2.45, 2.75) is 26.4 Å². The molecule has 0 aliphatic rings. The van der Waals surface area contributed by atoms with Crippen LogP contribution in [0.1, 0.15) is 32.8 Å². The summed E-state index contributed by atoms with van der Waals surface area (Å²) in [6, 6.07) is 15.3. The molecular formula is C21H25IN4O2S. The topological polar surface area (TPSA) is 78.7 Å². The average molecular weight is 524 g/mol. The molecular weight excluding hydrogens is 499 g/mol. The molecule has 0 radical (unpaired) electrons. The molecule has 0 unspecified atom stereocenters. The van der Waals surface area contributed by atoms with Crippen molar-refractivity contribution in [3.8, 4) is 0 Å². The fourth-order valence-electron chi connectivity index (χ4n) is 2.59. The predicted molar refractivity (Wildman–Crippen MR) is 129 cm³/mol. The number of hydrogen-bond donors (Lipinski definition) is 3. The molecule has 0 bridgehead atoms. The van der Waals surface area contributed by atoms with Gasteiger partial charge in [-0.15, -0.1) is 35.3 Å². The third-order valence-corrected chi connectivity index (χ3v) is 5.37. The predicted octanol–water partition coefficient (Wildman–Crippen LogP) is 4.64. The minimum Gasteiger partial charge on any atom is -0.459 e.